The molecule has 3 saturated heterocycles. The van der Waals surface area contributed by atoms with Gasteiger partial charge in [0.2, 0.25) is 0 Å². The zero-order valence-corrected chi connectivity index (χ0v) is 16.3. The number of likely N-dealkylation sites (tertiary alicyclic amines) is 1. The molecule has 11 heteroatoms. The molecule has 3 fully saturated rings. The summed E-state index contributed by atoms with van der Waals surface area (Å²) in [7, 11) is 0. The summed E-state index contributed by atoms with van der Waals surface area (Å²) in [5.74, 6) is -1.17. The van der Waals surface area contributed by atoms with Gasteiger partial charge in [0, 0.05) is 13.1 Å². The molecule has 156 valence electrons. The van der Waals surface area contributed by atoms with E-state index in [1.807, 2.05) is 0 Å². The number of carbonyl (C=O) groups excluding carboxylic acids is 3. The summed E-state index contributed by atoms with van der Waals surface area (Å²) in [4.78, 5) is 51.7. The molecule has 0 aromatic rings. The largest absolute Gasteiger partial charge is 0.465 e. The van der Waals surface area contributed by atoms with Crippen LogP contribution >= 0.6 is 0 Å². The van der Waals surface area contributed by atoms with Gasteiger partial charge in [0.15, 0.2) is 0 Å². The third-order valence-electron chi connectivity index (χ3n) is 6.17. The maximum Gasteiger partial charge on any atom is 0.408 e. The van der Waals surface area contributed by atoms with E-state index in [2.05, 4.69) is 10.9 Å². The molecule has 0 radical (unpaired) electrons. The number of urea groups is 1. The number of amides is 5. The summed E-state index contributed by atoms with van der Waals surface area (Å²) >= 11 is 0. The Morgan fingerprint density at radius 3 is 2.46 bits per heavy atom. The summed E-state index contributed by atoms with van der Waals surface area (Å²) in [6.45, 7) is 5.85. The number of hydrogen-bond acceptors (Lipinski definition) is 5. The van der Waals surface area contributed by atoms with Crippen molar-refractivity contribution in [3.63, 3.8) is 0 Å². The molecule has 2 bridgehead atoms. The second-order valence-corrected chi connectivity index (χ2v) is 8.62. The van der Waals surface area contributed by atoms with Gasteiger partial charge in [-0.05, 0) is 31.1 Å². The van der Waals surface area contributed by atoms with Crippen molar-refractivity contribution in [1.29, 1.82) is 0 Å². The highest BCUT2D eigenvalue weighted by Gasteiger charge is 2.57. The van der Waals surface area contributed by atoms with Gasteiger partial charge in [-0.1, -0.05) is 20.8 Å². The highest BCUT2D eigenvalue weighted by molar-refractivity contribution is 5.94. The summed E-state index contributed by atoms with van der Waals surface area (Å²) in [5, 5.41) is 19.9. The Morgan fingerprint density at radius 2 is 1.86 bits per heavy atom. The Bertz CT molecular complexity index is 707. The van der Waals surface area contributed by atoms with E-state index in [0.29, 0.717) is 30.7 Å². The number of hydrazine groups is 1. The minimum absolute atomic E-state index is 0.243. The van der Waals surface area contributed by atoms with E-state index in [0.717, 1.165) is 4.90 Å². The quantitative estimate of drug-likeness (QED) is 0.391. The number of carbonyl (C=O) groups is 4. The number of piperidine rings is 1. The van der Waals surface area contributed by atoms with Gasteiger partial charge in [0.25, 0.3) is 11.8 Å². The lowest BCUT2D eigenvalue weighted by Gasteiger charge is -2.45. The van der Waals surface area contributed by atoms with Crippen molar-refractivity contribution in [3.8, 4) is 0 Å². The molecule has 0 spiro atoms. The molecular formula is C17H27N5O6. The molecule has 3 rings (SSSR count). The molecule has 0 aliphatic carbocycles. The van der Waals surface area contributed by atoms with Crippen molar-refractivity contribution in [2.24, 2.45) is 5.41 Å². The van der Waals surface area contributed by atoms with E-state index in [1.165, 1.54) is 4.90 Å². The molecular weight excluding hydrogens is 370 g/mol. The Labute approximate surface area is 162 Å². The van der Waals surface area contributed by atoms with Crippen LogP contribution in [-0.2, 0) is 9.59 Å². The van der Waals surface area contributed by atoms with Crippen LogP contribution in [0.25, 0.3) is 0 Å². The third-order valence-corrected chi connectivity index (χ3v) is 6.17. The fraction of sp³-hybridized carbons (Fsp3) is 0.765. The highest BCUT2D eigenvalue weighted by atomic mass is 16.5. The number of rotatable bonds is 2. The summed E-state index contributed by atoms with van der Waals surface area (Å²) in [5.41, 5.74) is 2.72. The van der Waals surface area contributed by atoms with Crippen molar-refractivity contribution < 1.29 is 29.5 Å². The first kappa shape index (κ1) is 20.2. The molecule has 0 saturated carbocycles. The van der Waals surface area contributed by atoms with Gasteiger partial charge in [-0.2, -0.15) is 0 Å². The lowest BCUT2D eigenvalue weighted by atomic mass is 9.71. The molecule has 4 N–H and O–H groups in total. The molecule has 0 aromatic heterocycles. The van der Waals surface area contributed by atoms with Crippen molar-refractivity contribution >= 4 is 23.9 Å². The number of hydroxylamine groups is 2. The van der Waals surface area contributed by atoms with E-state index in [4.69, 9.17) is 0 Å². The number of hydrogen-bond donors (Lipinski definition) is 4. The van der Waals surface area contributed by atoms with E-state index in [-0.39, 0.29) is 19.1 Å². The first-order chi connectivity index (χ1) is 13.0. The summed E-state index contributed by atoms with van der Waals surface area (Å²) in [6.07, 6.45) is 0.547. The minimum atomic E-state index is -1.31. The molecule has 3 aliphatic heterocycles. The predicted octanol–water partition coefficient (Wildman–Crippen LogP) is 0.350. The predicted molar refractivity (Wildman–Crippen MR) is 95.0 cm³/mol. The molecule has 0 aromatic carbocycles. The summed E-state index contributed by atoms with van der Waals surface area (Å²) < 4.78 is 0. The third kappa shape index (κ3) is 2.93. The zero-order chi connectivity index (χ0) is 20.9. The van der Waals surface area contributed by atoms with Crippen molar-refractivity contribution in [3.05, 3.63) is 0 Å². The van der Waals surface area contributed by atoms with Crippen molar-refractivity contribution in [1.82, 2.24) is 25.7 Å². The molecule has 28 heavy (non-hydrogen) atoms. The van der Waals surface area contributed by atoms with Gasteiger partial charge in [-0.15, -0.1) is 0 Å². The molecule has 11 nitrogen and oxygen atoms in total. The fourth-order valence-electron chi connectivity index (χ4n) is 4.66. The topological polar surface area (TPSA) is 143 Å². The van der Waals surface area contributed by atoms with Crippen LogP contribution in [0.4, 0.5) is 9.59 Å². The molecule has 3 aliphatic rings. The Balaban J connectivity index is 1.71. The molecule has 3 atom stereocenters. The Hall–Kier alpha value is -2.56. The normalized spacial score (nSPS) is 29.9. The van der Waals surface area contributed by atoms with Gasteiger partial charge >= 0.3 is 12.1 Å². The first-order valence-corrected chi connectivity index (χ1v) is 9.40. The fourth-order valence-corrected chi connectivity index (χ4v) is 4.66. The maximum absolute atomic E-state index is 13.0. The standard InChI is InChI=1S/C17H27N5O6/c1-16(2,3)17(7-4-8-21(17)15(26)27)13(24)19-18-12(23)11-6-5-10-9-20(11)14(25)22(10)28/h10-11,28H,4-9H2,1-3H3,(H,18,23)(H,19,24)(H,26,27)/t10-,11+,17+/m1/s1. The Kier molecular flexibility index (Phi) is 4.90. The van der Waals surface area contributed by atoms with E-state index in [9.17, 15) is 29.5 Å². The average molecular weight is 397 g/mol. The van der Waals surface area contributed by atoms with Crippen LogP contribution < -0.4 is 10.9 Å². The molecule has 3 heterocycles. The summed E-state index contributed by atoms with van der Waals surface area (Å²) in [6, 6.07) is -1.75. The van der Waals surface area contributed by atoms with Crippen LogP contribution in [-0.4, -0.2) is 79.8 Å². The van der Waals surface area contributed by atoms with Crippen LogP contribution in [0.15, 0.2) is 0 Å². The SMILES string of the molecule is CC(C)(C)[C@@]1(C(=O)NNC(=O)[C@@H]2CC[C@@H]3CN2C(=O)N3O)CCCN1C(=O)O. The van der Waals surface area contributed by atoms with E-state index in [1.54, 1.807) is 20.8 Å². The smallest absolute Gasteiger partial charge is 0.408 e. The van der Waals surface area contributed by atoms with Crippen LogP contribution in [0.1, 0.15) is 46.5 Å². The van der Waals surface area contributed by atoms with Gasteiger partial charge in [0.05, 0.1) is 6.04 Å². The lowest BCUT2D eigenvalue weighted by Crippen LogP contribution is -2.66. The van der Waals surface area contributed by atoms with Crippen LogP contribution in [0.2, 0.25) is 0 Å². The van der Waals surface area contributed by atoms with E-state index >= 15 is 0 Å². The van der Waals surface area contributed by atoms with Gasteiger partial charge in [-0.3, -0.25) is 30.5 Å². The van der Waals surface area contributed by atoms with Crippen LogP contribution in [0.5, 0.6) is 0 Å². The Morgan fingerprint density at radius 1 is 1.18 bits per heavy atom. The lowest BCUT2D eigenvalue weighted by molar-refractivity contribution is -0.142. The van der Waals surface area contributed by atoms with Crippen molar-refractivity contribution in [2.75, 3.05) is 13.1 Å². The molecule has 0 unspecified atom stereocenters. The zero-order valence-electron chi connectivity index (χ0n) is 16.3. The first-order valence-electron chi connectivity index (χ1n) is 9.40. The van der Waals surface area contributed by atoms with Crippen molar-refractivity contribution in [2.45, 2.75) is 64.1 Å². The van der Waals surface area contributed by atoms with Gasteiger partial charge < -0.3 is 10.0 Å². The van der Waals surface area contributed by atoms with Crippen LogP contribution in [0, 0.1) is 5.41 Å². The average Bonchev–Trinajstić information content (AvgIpc) is 3.17. The molecule has 5 amide bonds. The minimum Gasteiger partial charge on any atom is -0.465 e. The van der Waals surface area contributed by atoms with Crippen LogP contribution in [0.3, 0.4) is 0 Å². The second-order valence-electron chi connectivity index (χ2n) is 8.62. The number of nitrogens with one attached hydrogen (secondary N) is 2. The number of fused-ring (bicyclic) bond motifs is 2. The second kappa shape index (κ2) is 6.80. The highest BCUT2D eigenvalue weighted by Crippen LogP contribution is 2.44. The van der Waals surface area contributed by atoms with Gasteiger partial charge in [-0.25, -0.2) is 14.7 Å². The van der Waals surface area contributed by atoms with E-state index < -0.39 is 40.9 Å². The number of nitrogens with zero attached hydrogens (tertiary/aromatic N) is 3. The number of carboxylic acid groups (broad SMARTS) is 1. The van der Waals surface area contributed by atoms with Gasteiger partial charge in [0.1, 0.15) is 11.6 Å². The monoisotopic (exact) mass is 397 g/mol. The maximum atomic E-state index is 13.0.